The van der Waals surface area contributed by atoms with E-state index < -0.39 is 12.0 Å². The molecule has 1 aliphatic heterocycles. The van der Waals surface area contributed by atoms with E-state index in [2.05, 4.69) is 31.6 Å². The lowest BCUT2D eigenvalue weighted by molar-refractivity contribution is -0.139. The highest BCUT2D eigenvalue weighted by atomic mass is 79.9. The zero-order valence-electron chi connectivity index (χ0n) is 23.6. The molecule has 0 amide bonds. The summed E-state index contributed by atoms with van der Waals surface area (Å²) in [4.78, 5) is 32.5. The Morgan fingerprint density at radius 3 is 2.41 bits per heavy atom. The van der Waals surface area contributed by atoms with Gasteiger partial charge in [0, 0.05) is 21.5 Å². The van der Waals surface area contributed by atoms with Crippen molar-refractivity contribution in [2.45, 2.75) is 33.7 Å². The van der Waals surface area contributed by atoms with E-state index in [0.29, 0.717) is 37.7 Å². The lowest BCUT2D eigenvalue weighted by Crippen LogP contribution is -2.40. The number of halogens is 1. The number of aryl methyl sites for hydroxylation is 1. The fraction of sp³-hybridized carbons (Fsp3) is 0.258. The van der Waals surface area contributed by atoms with Crippen LogP contribution < -0.4 is 24.4 Å². The van der Waals surface area contributed by atoms with E-state index >= 15 is 0 Å². The Kier molecular flexibility index (Phi) is 8.06. The van der Waals surface area contributed by atoms with Crippen molar-refractivity contribution < 1.29 is 19.0 Å². The van der Waals surface area contributed by atoms with Crippen molar-refractivity contribution in [3.8, 4) is 17.2 Å². The summed E-state index contributed by atoms with van der Waals surface area (Å²) in [5, 5.41) is 0. The van der Waals surface area contributed by atoms with Gasteiger partial charge in [0.1, 0.15) is 0 Å². The zero-order valence-corrected chi connectivity index (χ0v) is 26.1. The van der Waals surface area contributed by atoms with Crippen LogP contribution in [0.4, 0.5) is 0 Å². The third-order valence-corrected chi connectivity index (χ3v) is 8.59. The van der Waals surface area contributed by atoms with E-state index in [1.807, 2.05) is 50.3 Å². The first-order valence-corrected chi connectivity index (χ1v) is 14.7. The summed E-state index contributed by atoms with van der Waals surface area (Å²) in [5.74, 6) is 0.523. The van der Waals surface area contributed by atoms with Crippen LogP contribution in [-0.4, -0.2) is 35.9 Å². The third kappa shape index (κ3) is 5.17. The van der Waals surface area contributed by atoms with Crippen molar-refractivity contribution in [2.75, 3.05) is 20.8 Å². The molecule has 0 saturated heterocycles. The van der Waals surface area contributed by atoms with E-state index in [0.717, 1.165) is 27.1 Å². The van der Waals surface area contributed by atoms with Crippen molar-refractivity contribution in [3.05, 3.63) is 106 Å². The van der Waals surface area contributed by atoms with E-state index in [9.17, 15) is 9.59 Å². The average molecular weight is 637 g/mol. The second-order valence-electron chi connectivity index (χ2n) is 9.55. The van der Waals surface area contributed by atoms with Gasteiger partial charge in [0.25, 0.3) is 5.56 Å². The molecular formula is C31H30BrN3O5S. The molecule has 0 saturated carbocycles. The predicted octanol–water partition coefficient (Wildman–Crippen LogP) is 4.99. The summed E-state index contributed by atoms with van der Waals surface area (Å²) in [5.41, 5.74) is 5.28. The van der Waals surface area contributed by atoms with Crippen LogP contribution in [0, 0.1) is 13.8 Å². The minimum absolute atomic E-state index is 0.201. The molecule has 4 aromatic rings. The van der Waals surface area contributed by atoms with Crippen molar-refractivity contribution in [1.82, 2.24) is 9.13 Å². The topological polar surface area (TPSA) is 84.1 Å². The van der Waals surface area contributed by atoms with E-state index in [-0.39, 0.29) is 12.2 Å². The monoisotopic (exact) mass is 635 g/mol. The van der Waals surface area contributed by atoms with Crippen molar-refractivity contribution in [3.63, 3.8) is 0 Å². The number of aromatic nitrogens is 2. The fourth-order valence-electron chi connectivity index (χ4n) is 5.19. The van der Waals surface area contributed by atoms with Crippen LogP contribution in [0.15, 0.2) is 74.1 Å². The Labute approximate surface area is 250 Å². The van der Waals surface area contributed by atoms with Gasteiger partial charge in [-0.25, -0.2) is 9.79 Å². The molecule has 0 radical (unpaired) electrons. The SMILES string of the molecule is CCOC(=O)C1=C(C)N=c2s/c(=C\c3cc(C)n(-c4ccc(Br)cc4)c3C)c(=O)n2C1c1ccc(OC)c(OC)c1. The second-order valence-corrected chi connectivity index (χ2v) is 11.5. The lowest BCUT2D eigenvalue weighted by atomic mass is 9.95. The van der Waals surface area contributed by atoms with Crippen LogP contribution in [0.25, 0.3) is 11.8 Å². The number of hydrogen-bond donors (Lipinski definition) is 0. The number of benzene rings is 2. The standard InChI is InChI=1S/C31H30BrN3O5S/c1-7-40-30(37)27-18(3)33-31-35(28(27)20-8-13-24(38-5)25(15-20)39-6)29(36)26(41-31)16-21-14-17(2)34(19(21)4)23-11-9-22(32)10-12-23/h8-16,28H,7H2,1-6H3/b26-16-. The summed E-state index contributed by atoms with van der Waals surface area (Å²) in [7, 11) is 3.10. The average Bonchev–Trinajstić information content (AvgIpc) is 3.41. The number of rotatable bonds is 7. The molecule has 0 N–H and O–H groups in total. The molecular weight excluding hydrogens is 606 g/mol. The highest BCUT2D eigenvalue weighted by Crippen LogP contribution is 2.36. The van der Waals surface area contributed by atoms with Gasteiger partial charge >= 0.3 is 5.97 Å². The minimum atomic E-state index is -0.748. The molecule has 3 heterocycles. The molecule has 0 aliphatic carbocycles. The number of allylic oxidation sites excluding steroid dienone is 1. The summed E-state index contributed by atoms with van der Waals surface area (Å²) >= 11 is 4.79. The maximum absolute atomic E-state index is 14.1. The van der Waals surface area contributed by atoms with Gasteiger partial charge in [-0.05, 0) is 87.4 Å². The van der Waals surface area contributed by atoms with Gasteiger partial charge in [0.15, 0.2) is 16.3 Å². The highest BCUT2D eigenvalue weighted by Gasteiger charge is 2.34. The summed E-state index contributed by atoms with van der Waals surface area (Å²) < 4.78 is 21.6. The Bertz CT molecular complexity index is 1860. The molecule has 2 aromatic carbocycles. The number of fused-ring (bicyclic) bond motifs is 1. The quantitative estimate of drug-likeness (QED) is 0.267. The van der Waals surface area contributed by atoms with Gasteiger partial charge in [0.05, 0.1) is 42.7 Å². The first kappa shape index (κ1) is 28.6. The van der Waals surface area contributed by atoms with Crippen LogP contribution >= 0.6 is 27.3 Å². The number of nitrogens with zero attached hydrogens (tertiary/aromatic N) is 3. The molecule has 8 nitrogen and oxygen atoms in total. The number of ether oxygens (including phenoxy) is 3. The highest BCUT2D eigenvalue weighted by molar-refractivity contribution is 9.10. The Morgan fingerprint density at radius 1 is 1.05 bits per heavy atom. The van der Waals surface area contributed by atoms with Gasteiger partial charge in [-0.2, -0.15) is 0 Å². The zero-order chi connectivity index (χ0) is 29.4. The Morgan fingerprint density at radius 2 is 1.76 bits per heavy atom. The maximum atomic E-state index is 14.1. The fourth-order valence-corrected chi connectivity index (χ4v) is 6.49. The first-order valence-electron chi connectivity index (χ1n) is 13.0. The molecule has 0 fully saturated rings. The van der Waals surface area contributed by atoms with Crippen LogP contribution in [0.3, 0.4) is 0 Å². The van der Waals surface area contributed by atoms with E-state index in [1.54, 1.807) is 44.8 Å². The lowest BCUT2D eigenvalue weighted by Gasteiger charge is -2.25. The normalized spacial score (nSPS) is 15.0. The number of carbonyl (C=O) groups excluding carboxylic acids is 1. The predicted molar refractivity (Wildman–Crippen MR) is 163 cm³/mol. The van der Waals surface area contributed by atoms with Gasteiger partial charge in [-0.1, -0.05) is 33.3 Å². The van der Waals surface area contributed by atoms with Crippen LogP contribution in [0.2, 0.25) is 0 Å². The van der Waals surface area contributed by atoms with Crippen LogP contribution in [-0.2, 0) is 9.53 Å². The smallest absolute Gasteiger partial charge is 0.338 e. The Hall–Kier alpha value is -3.89. The first-order chi connectivity index (χ1) is 19.7. The number of hydrogen-bond acceptors (Lipinski definition) is 7. The van der Waals surface area contributed by atoms with E-state index in [4.69, 9.17) is 14.2 Å². The molecule has 212 valence electrons. The second kappa shape index (κ2) is 11.5. The molecule has 2 aromatic heterocycles. The van der Waals surface area contributed by atoms with Gasteiger partial charge in [-0.3, -0.25) is 9.36 Å². The van der Waals surface area contributed by atoms with Crippen molar-refractivity contribution in [1.29, 1.82) is 0 Å². The van der Waals surface area contributed by atoms with Gasteiger partial charge in [0.2, 0.25) is 0 Å². The van der Waals surface area contributed by atoms with Crippen LogP contribution in [0.5, 0.6) is 11.5 Å². The largest absolute Gasteiger partial charge is 0.493 e. The summed E-state index contributed by atoms with van der Waals surface area (Å²) in [6.07, 6.45) is 1.90. The molecule has 0 spiro atoms. The third-order valence-electron chi connectivity index (χ3n) is 7.08. The number of esters is 1. The van der Waals surface area contributed by atoms with Gasteiger partial charge in [-0.15, -0.1) is 0 Å². The van der Waals surface area contributed by atoms with E-state index in [1.165, 1.54) is 11.3 Å². The molecule has 1 unspecified atom stereocenters. The minimum Gasteiger partial charge on any atom is -0.493 e. The Balaban J connectivity index is 1.70. The molecule has 0 bridgehead atoms. The maximum Gasteiger partial charge on any atom is 0.338 e. The summed E-state index contributed by atoms with van der Waals surface area (Å²) in [6.45, 7) is 7.79. The molecule has 5 rings (SSSR count). The number of carbonyl (C=O) groups is 1. The number of methoxy groups -OCH3 is 2. The molecule has 1 atom stereocenters. The molecule has 10 heteroatoms. The van der Waals surface area contributed by atoms with Crippen molar-refractivity contribution >= 4 is 39.3 Å². The van der Waals surface area contributed by atoms with Crippen molar-refractivity contribution in [2.24, 2.45) is 4.99 Å². The van der Waals surface area contributed by atoms with Gasteiger partial charge < -0.3 is 18.8 Å². The molecule has 41 heavy (non-hydrogen) atoms. The molecule has 1 aliphatic rings. The number of thiazole rings is 1. The summed E-state index contributed by atoms with van der Waals surface area (Å²) in [6, 6.07) is 14.8. The van der Waals surface area contributed by atoms with Crippen LogP contribution in [0.1, 0.15) is 42.4 Å².